The fraction of sp³-hybridized carbons (Fsp3) is 0.857. The summed E-state index contributed by atoms with van der Waals surface area (Å²) >= 11 is 0. The number of hydrogen-bond donors (Lipinski definition) is 2. The molecule has 1 aliphatic heterocycles. The molecule has 2 fully saturated rings. The Morgan fingerprint density at radius 3 is 2.45 bits per heavy atom. The summed E-state index contributed by atoms with van der Waals surface area (Å²) in [6.07, 6.45) is 3.50. The highest BCUT2D eigenvalue weighted by Crippen LogP contribution is 2.18. The van der Waals surface area contributed by atoms with Gasteiger partial charge in [0.15, 0.2) is 0 Å². The summed E-state index contributed by atoms with van der Waals surface area (Å²) in [7, 11) is 0. The molecule has 0 aromatic rings. The molecule has 3 N–H and O–H groups in total. The third-order valence-electron chi connectivity index (χ3n) is 3.85. The Kier molecular flexibility index (Phi) is 5.37. The van der Waals surface area contributed by atoms with Gasteiger partial charge in [-0.15, -0.1) is 0 Å². The first-order valence-electron chi connectivity index (χ1n) is 7.59. The number of carbonyl (C=O) groups excluding carboxylic acids is 2. The van der Waals surface area contributed by atoms with Crippen LogP contribution < -0.4 is 11.1 Å². The van der Waals surface area contributed by atoms with Crippen molar-refractivity contribution in [1.82, 2.24) is 15.1 Å². The van der Waals surface area contributed by atoms with E-state index >= 15 is 0 Å². The van der Waals surface area contributed by atoms with Gasteiger partial charge in [0.25, 0.3) is 0 Å². The molecule has 0 spiro atoms. The number of amides is 2. The van der Waals surface area contributed by atoms with E-state index in [2.05, 4.69) is 10.2 Å². The second-order valence-corrected chi connectivity index (χ2v) is 6.01. The predicted molar refractivity (Wildman–Crippen MR) is 77.1 cm³/mol. The van der Waals surface area contributed by atoms with Crippen LogP contribution >= 0.6 is 0 Å². The fourth-order valence-corrected chi connectivity index (χ4v) is 2.37. The number of carbonyl (C=O) groups is 2. The lowest BCUT2D eigenvalue weighted by Crippen LogP contribution is -2.51. The molecule has 2 aliphatic rings. The summed E-state index contributed by atoms with van der Waals surface area (Å²) in [5.74, 6) is 0.300. The lowest BCUT2D eigenvalue weighted by Gasteiger charge is -2.34. The van der Waals surface area contributed by atoms with Crippen LogP contribution in [0.25, 0.3) is 0 Å². The van der Waals surface area contributed by atoms with Gasteiger partial charge >= 0.3 is 0 Å². The Labute approximate surface area is 120 Å². The molecular formula is C14H26N4O2. The number of nitrogens with zero attached hydrogens (tertiary/aromatic N) is 2. The molecule has 0 bridgehead atoms. The van der Waals surface area contributed by atoms with Crippen molar-refractivity contribution in [3.63, 3.8) is 0 Å². The fourth-order valence-electron chi connectivity index (χ4n) is 2.37. The van der Waals surface area contributed by atoms with E-state index in [9.17, 15) is 9.59 Å². The van der Waals surface area contributed by atoms with Crippen molar-refractivity contribution in [3.05, 3.63) is 0 Å². The first-order chi connectivity index (χ1) is 9.54. The van der Waals surface area contributed by atoms with Crippen LogP contribution in [0.3, 0.4) is 0 Å². The molecular weight excluding hydrogens is 256 g/mol. The van der Waals surface area contributed by atoms with Crippen molar-refractivity contribution in [2.45, 2.75) is 44.7 Å². The smallest absolute Gasteiger partial charge is 0.234 e. The van der Waals surface area contributed by atoms with Crippen LogP contribution in [0.15, 0.2) is 0 Å². The summed E-state index contributed by atoms with van der Waals surface area (Å²) in [5, 5.41) is 2.99. The van der Waals surface area contributed by atoms with Gasteiger partial charge in [0.1, 0.15) is 0 Å². The average molecular weight is 282 g/mol. The molecule has 2 rings (SSSR count). The predicted octanol–water partition coefficient (Wildman–Crippen LogP) is -0.463. The molecule has 6 heteroatoms. The van der Waals surface area contributed by atoms with Gasteiger partial charge in [-0.05, 0) is 26.2 Å². The van der Waals surface area contributed by atoms with Crippen molar-refractivity contribution in [1.29, 1.82) is 0 Å². The first-order valence-corrected chi connectivity index (χ1v) is 7.59. The maximum Gasteiger partial charge on any atom is 0.234 e. The number of nitrogens with two attached hydrogens (primary N) is 1. The van der Waals surface area contributed by atoms with Crippen LogP contribution in [0.5, 0.6) is 0 Å². The lowest BCUT2D eigenvalue weighted by atomic mass is 10.1. The van der Waals surface area contributed by atoms with Crippen molar-refractivity contribution < 1.29 is 9.59 Å². The van der Waals surface area contributed by atoms with Crippen LogP contribution in [0.2, 0.25) is 0 Å². The molecule has 1 unspecified atom stereocenters. The molecule has 2 amide bonds. The number of rotatable bonds is 6. The molecule has 114 valence electrons. The van der Waals surface area contributed by atoms with E-state index in [1.165, 1.54) is 0 Å². The zero-order valence-corrected chi connectivity index (χ0v) is 12.3. The highest BCUT2D eigenvalue weighted by Gasteiger charge is 2.26. The van der Waals surface area contributed by atoms with Gasteiger partial charge in [0.05, 0.1) is 6.54 Å². The maximum absolute atomic E-state index is 12.0. The van der Waals surface area contributed by atoms with Gasteiger partial charge in [-0.25, -0.2) is 0 Å². The molecule has 1 atom stereocenters. The second kappa shape index (κ2) is 7.04. The summed E-state index contributed by atoms with van der Waals surface area (Å²) < 4.78 is 0. The Morgan fingerprint density at radius 1 is 1.25 bits per heavy atom. The van der Waals surface area contributed by atoms with Crippen LogP contribution in [0.4, 0.5) is 0 Å². The molecule has 0 aromatic heterocycles. The van der Waals surface area contributed by atoms with Crippen LogP contribution in [-0.4, -0.2) is 66.4 Å². The topological polar surface area (TPSA) is 78.7 Å². The maximum atomic E-state index is 12.0. The Balaban J connectivity index is 1.63. The summed E-state index contributed by atoms with van der Waals surface area (Å²) in [4.78, 5) is 27.7. The zero-order valence-electron chi connectivity index (χ0n) is 12.3. The molecule has 1 saturated carbocycles. The van der Waals surface area contributed by atoms with E-state index in [1.54, 1.807) is 0 Å². The SMILES string of the molecule is CC(N)CCC(=O)N1CCN(CC(=O)NC2CC2)CC1. The van der Waals surface area contributed by atoms with Gasteiger partial charge in [0.2, 0.25) is 11.8 Å². The van der Waals surface area contributed by atoms with Gasteiger partial charge in [0, 0.05) is 44.7 Å². The number of piperazine rings is 1. The van der Waals surface area contributed by atoms with Gasteiger partial charge in [-0.2, -0.15) is 0 Å². The van der Waals surface area contributed by atoms with Crippen molar-refractivity contribution >= 4 is 11.8 Å². The normalized spacial score (nSPS) is 21.6. The minimum Gasteiger partial charge on any atom is -0.352 e. The standard InChI is InChI=1S/C14H26N4O2/c1-11(15)2-5-14(20)18-8-6-17(7-9-18)10-13(19)16-12-3-4-12/h11-12H,2-10,15H2,1H3,(H,16,19). The van der Waals surface area contributed by atoms with E-state index in [0.717, 1.165) is 32.4 Å². The van der Waals surface area contributed by atoms with E-state index in [0.29, 0.717) is 32.1 Å². The van der Waals surface area contributed by atoms with Crippen molar-refractivity contribution in [3.8, 4) is 0 Å². The molecule has 1 saturated heterocycles. The highest BCUT2D eigenvalue weighted by molar-refractivity contribution is 5.79. The molecule has 20 heavy (non-hydrogen) atoms. The summed E-state index contributed by atoms with van der Waals surface area (Å²) in [6, 6.07) is 0.495. The van der Waals surface area contributed by atoms with Crippen molar-refractivity contribution in [2.24, 2.45) is 5.73 Å². The Hall–Kier alpha value is -1.14. The van der Waals surface area contributed by atoms with Gasteiger partial charge in [-0.1, -0.05) is 0 Å². The van der Waals surface area contributed by atoms with Crippen LogP contribution in [-0.2, 0) is 9.59 Å². The molecule has 0 aromatic carbocycles. The molecule has 6 nitrogen and oxygen atoms in total. The van der Waals surface area contributed by atoms with E-state index < -0.39 is 0 Å². The minimum absolute atomic E-state index is 0.0753. The van der Waals surface area contributed by atoms with Gasteiger partial charge in [-0.3, -0.25) is 14.5 Å². The number of hydrogen-bond acceptors (Lipinski definition) is 4. The van der Waals surface area contributed by atoms with E-state index in [-0.39, 0.29) is 17.9 Å². The third kappa shape index (κ3) is 5.09. The first kappa shape index (κ1) is 15.3. The Morgan fingerprint density at radius 2 is 1.90 bits per heavy atom. The second-order valence-electron chi connectivity index (χ2n) is 6.01. The van der Waals surface area contributed by atoms with Crippen molar-refractivity contribution in [2.75, 3.05) is 32.7 Å². The monoisotopic (exact) mass is 282 g/mol. The zero-order chi connectivity index (χ0) is 14.5. The van der Waals surface area contributed by atoms with Crippen LogP contribution in [0, 0.1) is 0 Å². The molecule has 0 radical (unpaired) electrons. The average Bonchev–Trinajstić information content (AvgIpc) is 3.20. The summed E-state index contributed by atoms with van der Waals surface area (Å²) in [6.45, 7) is 5.37. The third-order valence-corrected chi connectivity index (χ3v) is 3.85. The quantitative estimate of drug-likeness (QED) is 0.691. The minimum atomic E-state index is 0.0753. The van der Waals surface area contributed by atoms with Crippen LogP contribution in [0.1, 0.15) is 32.6 Å². The van der Waals surface area contributed by atoms with E-state index in [1.807, 2.05) is 11.8 Å². The Bertz CT molecular complexity index is 347. The summed E-state index contributed by atoms with van der Waals surface area (Å²) in [5.41, 5.74) is 5.67. The molecule has 1 aliphatic carbocycles. The molecule has 1 heterocycles. The largest absolute Gasteiger partial charge is 0.352 e. The van der Waals surface area contributed by atoms with E-state index in [4.69, 9.17) is 5.73 Å². The highest BCUT2D eigenvalue weighted by atomic mass is 16.2. The lowest BCUT2D eigenvalue weighted by molar-refractivity contribution is -0.133. The van der Waals surface area contributed by atoms with Gasteiger partial charge < -0.3 is 16.0 Å². The number of nitrogens with one attached hydrogen (secondary N) is 1.